The lowest BCUT2D eigenvalue weighted by Crippen LogP contribution is -2.57. The zero-order valence-corrected chi connectivity index (χ0v) is 12.3. The fraction of sp³-hybridized carbons (Fsp3) is 1.00. The maximum atomic E-state index is 6.15. The van der Waals surface area contributed by atoms with Gasteiger partial charge in [-0.15, -0.1) is 0 Å². The normalized spacial score (nSPS) is 27.4. The summed E-state index contributed by atoms with van der Waals surface area (Å²) in [6, 6.07) is 0. The molecule has 2 heteroatoms. The van der Waals surface area contributed by atoms with Crippen molar-refractivity contribution in [2.24, 2.45) is 17.6 Å². The first-order valence-corrected chi connectivity index (χ1v) is 7.54. The van der Waals surface area contributed by atoms with E-state index in [1.165, 1.54) is 45.2 Å². The van der Waals surface area contributed by atoms with Gasteiger partial charge >= 0.3 is 0 Å². The summed E-state index contributed by atoms with van der Waals surface area (Å²) < 4.78 is 0. The molecule has 1 heterocycles. The summed E-state index contributed by atoms with van der Waals surface area (Å²) in [6.07, 6.45) is 6.36. The second kappa shape index (κ2) is 6.75. The van der Waals surface area contributed by atoms with Crippen molar-refractivity contribution >= 4 is 0 Å². The van der Waals surface area contributed by atoms with Crippen molar-refractivity contribution in [3.63, 3.8) is 0 Å². The number of nitrogens with two attached hydrogens (primary N) is 1. The lowest BCUT2D eigenvalue weighted by atomic mass is 9.81. The highest BCUT2D eigenvalue weighted by atomic mass is 15.2. The summed E-state index contributed by atoms with van der Waals surface area (Å²) in [4.78, 5) is 2.71. The zero-order chi connectivity index (χ0) is 12.9. The molecule has 0 aromatic heterocycles. The summed E-state index contributed by atoms with van der Waals surface area (Å²) in [5.41, 5.74) is 6.44. The third kappa shape index (κ3) is 3.45. The molecule has 0 amide bonds. The smallest absolute Gasteiger partial charge is 0.0331 e. The Hall–Kier alpha value is -0.0800. The molecular formula is C15H32N2. The Labute approximate surface area is 108 Å². The average molecular weight is 240 g/mol. The van der Waals surface area contributed by atoms with E-state index in [9.17, 15) is 0 Å². The van der Waals surface area contributed by atoms with Gasteiger partial charge in [0.25, 0.3) is 0 Å². The minimum atomic E-state index is 0.290. The molecule has 2 nitrogen and oxygen atoms in total. The molecule has 0 aromatic rings. The van der Waals surface area contributed by atoms with Crippen molar-refractivity contribution < 1.29 is 0 Å². The summed E-state index contributed by atoms with van der Waals surface area (Å²) in [7, 11) is 0. The van der Waals surface area contributed by atoms with E-state index in [0.29, 0.717) is 0 Å². The topological polar surface area (TPSA) is 29.3 Å². The van der Waals surface area contributed by atoms with Crippen LogP contribution in [-0.4, -0.2) is 30.1 Å². The van der Waals surface area contributed by atoms with E-state index in [1.54, 1.807) is 0 Å². The first-order chi connectivity index (χ1) is 8.09. The number of nitrogens with zero attached hydrogens (tertiary/aromatic N) is 1. The van der Waals surface area contributed by atoms with Gasteiger partial charge in [-0.3, -0.25) is 4.90 Å². The highest BCUT2D eigenvalue weighted by molar-refractivity contribution is 4.94. The van der Waals surface area contributed by atoms with Crippen LogP contribution in [0.4, 0.5) is 0 Å². The Kier molecular flexibility index (Phi) is 5.94. The standard InChI is InChI=1S/C15H32N2/c1-5-8-15(12-16,9-6-2)17-10-7-13(3)14(4)11-17/h13-14H,5-12,16H2,1-4H3. The van der Waals surface area contributed by atoms with E-state index in [2.05, 4.69) is 32.6 Å². The number of piperidine rings is 1. The van der Waals surface area contributed by atoms with Crippen molar-refractivity contribution in [1.29, 1.82) is 0 Å². The molecule has 102 valence electrons. The number of rotatable bonds is 6. The molecule has 0 spiro atoms. The average Bonchev–Trinajstić information content (AvgIpc) is 2.32. The van der Waals surface area contributed by atoms with E-state index in [4.69, 9.17) is 5.73 Å². The lowest BCUT2D eigenvalue weighted by molar-refractivity contribution is 0.0184. The van der Waals surface area contributed by atoms with Gasteiger partial charge in [0.2, 0.25) is 0 Å². The molecule has 0 saturated carbocycles. The lowest BCUT2D eigenvalue weighted by Gasteiger charge is -2.48. The van der Waals surface area contributed by atoms with Crippen LogP contribution in [0.1, 0.15) is 59.8 Å². The third-order valence-corrected chi connectivity index (χ3v) is 4.82. The van der Waals surface area contributed by atoms with E-state index in [1.807, 2.05) is 0 Å². The highest BCUT2D eigenvalue weighted by Gasteiger charge is 2.37. The second-order valence-corrected chi connectivity index (χ2v) is 6.12. The minimum absolute atomic E-state index is 0.290. The van der Waals surface area contributed by atoms with Crippen LogP contribution in [0.3, 0.4) is 0 Å². The SMILES string of the molecule is CCCC(CN)(CCC)N1CCC(C)C(C)C1. The molecule has 0 bridgehead atoms. The Morgan fingerprint density at radius 3 is 2.12 bits per heavy atom. The predicted octanol–water partition coefficient (Wildman–Crippen LogP) is 3.26. The predicted molar refractivity (Wildman–Crippen MR) is 76.1 cm³/mol. The summed E-state index contributed by atoms with van der Waals surface area (Å²) in [5.74, 6) is 1.70. The van der Waals surface area contributed by atoms with Gasteiger partial charge in [0.15, 0.2) is 0 Å². The van der Waals surface area contributed by atoms with E-state index < -0.39 is 0 Å². The van der Waals surface area contributed by atoms with Crippen LogP contribution in [0.15, 0.2) is 0 Å². The Balaban J connectivity index is 2.75. The number of hydrogen-bond donors (Lipinski definition) is 1. The first-order valence-electron chi connectivity index (χ1n) is 7.54. The van der Waals surface area contributed by atoms with Crippen LogP contribution in [0.2, 0.25) is 0 Å². The largest absolute Gasteiger partial charge is 0.329 e. The molecule has 17 heavy (non-hydrogen) atoms. The van der Waals surface area contributed by atoms with Gasteiger partial charge in [-0.25, -0.2) is 0 Å². The van der Waals surface area contributed by atoms with E-state index >= 15 is 0 Å². The fourth-order valence-corrected chi connectivity index (χ4v) is 3.40. The van der Waals surface area contributed by atoms with Gasteiger partial charge in [-0.1, -0.05) is 40.5 Å². The van der Waals surface area contributed by atoms with Gasteiger partial charge in [-0.2, -0.15) is 0 Å². The van der Waals surface area contributed by atoms with Crippen molar-refractivity contribution in [2.45, 2.75) is 65.3 Å². The Morgan fingerprint density at radius 2 is 1.71 bits per heavy atom. The van der Waals surface area contributed by atoms with E-state index in [0.717, 1.165) is 18.4 Å². The van der Waals surface area contributed by atoms with Gasteiger partial charge in [0.05, 0.1) is 0 Å². The molecule has 1 rings (SSSR count). The van der Waals surface area contributed by atoms with Crippen molar-refractivity contribution in [3.05, 3.63) is 0 Å². The van der Waals surface area contributed by atoms with E-state index in [-0.39, 0.29) is 5.54 Å². The number of likely N-dealkylation sites (tertiary alicyclic amines) is 1. The maximum absolute atomic E-state index is 6.15. The number of hydrogen-bond acceptors (Lipinski definition) is 2. The summed E-state index contributed by atoms with van der Waals surface area (Å²) in [5, 5.41) is 0. The van der Waals surface area contributed by atoms with Crippen molar-refractivity contribution in [3.8, 4) is 0 Å². The molecule has 1 aliphatic heterocycles. The van der Waals surface area contributed by atoms with Crippen LogP contribution < -0.4 is 5.73 Å². The maximum Gasteiger partial charge on any atom is 0.0331 e. The highest BCUT2D eigenvalue weighted by Crippen LogP contribution is 2.33. The molecule has 0 aromatic carbocycles. The third-order valence-electron chi connectivity index (χ3n) is 4.82. The molecule has 1 saturated heterocycles. The van der Waals surface area contributed by atoms with Crippen LogP contribution in [-0.2, 0) is 0 Å². The summed E-state index contributed by atoms with van der Waals surface area (Å²) in [6.45, 7) is 12.7. The molecule has 1 aliphatic rings. The molecule has 1 fully saturated rings. The fourth-order valence-electron chi connectivity index (χ4n) is 3.40. The molecule has 2 N–H and O–H groups in total. The molecule has 2 atom stereocenters. The summed E-state index contributed by atoms with van der Waals surface area (Å²) >= 11 is 0. The van der Waals surface area contributed by atoms with Gasteiger partial charge in [-0.05, 0) is 37.6 Å². The van der Waals surface area contributed by atoms with Crippen molar-refractivity contribution in [1.82, 2.24) is 4.90 Å². The van der Waals surface area contributed by atoms with Crippen LogP contribution >= 0.6 is 0 Å². The Morgan fingerprint density at radius 1 is 1.12 bits per heavy atom. The van der Waals surface area contributed by atoms with Crippen molar-refractivity contribution in [2.75, 3.05) is 19.6 Å². The zero-order valence-electron chi connectivity index (χ0n) is 12.3. The van der Waals surface area contributed by atoms with Crippen LogP contribution in [0, 0.1) is 11.8 Å². The molecule has 2 unspecified atom stereocenters. The van der Waals surface area contributed by atoms with Crippen LogP contribution in [0.25, 0.3) is 0 Å². The minimum Gasteiger partial charge on any atom is -0.329 e. The quantitative estimate of drug-likeness (QED) is 0.772. The van der Waals surface area contributed by atoms with Gasteiger partial charge < -0.3 is 5.73 Å². The molecular weight excluding hydrogens is 208 g/mol. The van der Waals surface area contributed by atoms with Gasteiger partial charge in [0, 0.05) is 18.6 Å². The Bertz CT molecular complexity index is 209. The second-order valence-electron chi connectivity index (χ2n) is 6.12. The monoisotopic (exact) mass is 240 g/mol. The molecule has 0 radical (unpaired) electrons. The molecule has 0 aliphatic carbocycles. The first kappa shape index (κ1) is 15.0. The van der Waals surface area contributed by atoms with Gasteiger partial charge in [0.1, 0.15) is 0 Å². The van der Waals surface area contributed by atoms with Crippen LogP contribution in [0.5, 0.6) is 0 Å².